The highest BCUT2D eigenvalue weighted by Crippen LogP contribution is 2.30. The van der Waals surface area contributed by atoms with E-state index in [1.54, 1.807) is 23.1 Å². The number of anilines is 1. The van der Waals surface area contributed by atoms with Gasteiger partial charge in [0.25, 0.3) is 0 Å². The smallest absolute Gasteiger partial charge is 0.223 e. The molecule has 1 N–H and O–H groups in total. The van der Waals surface area contributed by atoms with Gasteiger partial charge in [0.2, 0.25) is 11.8 Å². The minimum absolute atomic E-state index is 0.0752. The first-order valence-corrected chi connectivity index (χ1v) is 7.30. The lowest BCUT2D eigenvalue weighted by Crippen LogP contribution is -2.38. The second-order valence-corrected chi connectivity index (χ2v) is 5.46. The van der Waals surface area contributed by atoms with E-state index in [9.17, 15) is 9.59 Å². The van der Waals surface area contributed by atoms with Gasteiger partial charge >= 0.3 is 0 Å². The van der Waals surface area contributed by atoms with Crippen LogP contribution in [0.25, 0.3) is 0 Å². The Kier molecular flexibility index (Phi) is 5.07. The molecular weight excluding hydrogens is 292 g/mol. The molecule has 2 amide bonds. The molecule has 0 bridgehead atoms. The summed E-state index contributed by atoms with van der Waals surface area (Å²) < 4.78 is 5.09. The second-order valence-electron chi connectivity index (χ2n) is 5.05. The Labute approximate surface area is 129 Å². The molecule has 0 aromatic heterocycles. The molecule has 21 heavy (non-hydrogen) atoms. The number of nitrogens with one attached hydrogen (secondary N) is 1. The number of carbonyl (C=O) groups is 2. The summed E-state index contributed by atoms with van der Waals surface area (Å²) in [4.78, 5) is 24.9. The Morgan fingerprint density at radius 2 is 2.14 bits per heavy atom. The van der Waals surface area contributed by atoms with Gasteiger partial charge in [-0.3, -0.25) is 9.59 Å². The molecule has 1 fully saturated rings. The summed E-state index contributed by atoms with van der Waals surface area (Å²) >= 11 is 6.08. The van der Waals surface area contributed by atoms with Gasteiger partial charge in [0.05, 0.1) is 12.1 Å². The molecule has 1 aromatic carbocycles. The summed E-state index contributed by atoms with van der Waals surface area (Å²) in [7, 11) is 1.54. The maximum absolute atomic E-state index is 11.8. The number of hydrogen-bond acceptors (Lipinski definition) is 3. The zero-order valence-electron chi connectivity index (χ0n) is 12.2. The fourth-order valence-electron chi connectivity index (χ4n) is 2.07. The highest BCUT2D eigenvalue weighted by Gasteiger charge is 2.29. The third kappa shape index (κ3) is 4.11. The Bertz CT molecular complexity index is 544. The minimum atomic E-state index is -0.100. The van der Waals surface area contributed by atoms with Crippen molar-refractivity contribution < 1.29 is 14.3 Å². The van der Waals surface area contributed by atoms with Crippen LogP contribution in [0.3, 0.4) is 0 Å². The van der Waals surface area contributed by atoms with Crippen molar-refractivity contribution in [3.05, 3.63) is 23.2 Å². The van der Waals surface area contributed by atoms with Crippen LogP contribution < -0.4 is 15.0 Å². The van der Waals surface area contributed by atoms with Crippen LogP contribution >= 0.6 is 11.6 Å². The fourth-order valence-corrected chi connectivity index (χ4v) is 2.32. The molecule has 114 valence electrons. The molecule has 1 saturated carbocycles. The molecule has 0 heterocycles. The van der Waals surface area contributed by atoms with Gasteiger partial charge in [0, 0.05) is 31.6 Å². The van der Waals surface area contributed by atoms with Crippen LogP contribution in [0.4, 0.5) is 5.69 Å². The van der Waals surface area contributed by atoms with Crippen molar-refractivity contribution >= 4 is 29.1 Å². The van der Waals surface area contributed by atoms with Crippen LogP contribution in [0, 0.1) is 5.92 Å². The maximum atomic E-state index is 11.8. The number of ether oxygens (including phenoxy) is 1. The Hall–Kier alpha value is -1.75. The molecule has 1 aromatic rings. The van der Waals surface area contributed by atoms with E-state index in [1.165, 1.54) is 14.0 Å². The maximum Gasteiger partial charge on any atom is 0.223 e. The number of nitrogens with zero attached hydrogens (tertiary/aromatic N) is 1. The first-order valence-electron chi connectivity index (χ1n) is 6.92. The molecular formula is C15H19ClN2O3. The lowest BCUT2D eigenvalue weighted by Gasteiger charge is -2.22. The van der Waals surface area contributed by atoms with Crippen molar-refractivity contribution in [1.82, 2.24) is 5.32 Å². The van der Waals surface area contributed by atoms with Crippen molar-refractivity contribution in [2.24, 2.45) is 5.92 Å². The van der Waals surface area contributed by atoms with Gasteiger partial charge in [0.15, 0.2) is 0 Å². The summed E-state index contributed by atoms with van der Waals surface area (Å²) in [6.45, 7) is 2.33. The number of benzene rings is 1. The van der Waals surface area contributed by atoms with E-state index >= 15 is 0 Å². The summed E-state index contributed by atoms with van der Waals surface area (Å²) in [5, 5.41) is 3.29. The summed E-state index contributed by atoms with van der Waals surface area (Å²) in [5.41, 5.74) is 0.689. The lowest BCUT2D eigenvalue weighted by atomic mass is 10.2. The van der Waals surface area contributed by atoms with E-state index < -0.39 is 0 Å². The van der Waals surface area contributed by atoms with Gasteiger partial charge in [-0.25, -0.2) is 0 Å². The highest BCUT2D eigenvalue weighted by molar-refractivity contribution is 6.32. The SMILES string of the molecule is COc1ccc(N(CCNC(=O)C2CC2)C(C)=O)cc1Cl. The number of methoxy groups -OCH3 is 1. The zero-order chi connectivity index (χ0) is 15.4. The predicted molar refractivity (Wildman–Crippen MR) is 81.8 cm³/mol. The largest absolute Gasteiger partial charge is 0.495 e. The Morgan fingerprint density at radius 1 is 1.43 bits per heavy atom. The first kappa shape index (κ1) is 15.6. The summed E-state index contributed by atoms with van der Waals surface area (Å²) in [6, 6.07) is 5.18. The van der Waals surface area contributed by atoms with Crippen LogP contribution in [-0.2, 0) is 9.59 Å². The number of hydrogen-bond donors (Lipinski definition) is 1. The normalized spacial score (nSPS) is 13.7. The number of amides is 2. The van der Waals surface area contributed by atoms with E-state index in [0.717, 1.165) is 12.8 Å². The van der Waals surface area contributed by atoms with Crippen molar-refractivity contribution in [2.75, 3.05) is 25.1 Å². The average molecular weight is 311 g/mol. The molecule has 6 heteroatoms. The molecule has 2 rings (SSSR count). The third-order valence-corrected chi connectivity index (χ3v) is 3.71. The Morgan fingerprint density at radius 3 is 2.67 bits per heavy atom. The minimum Gasteiger partial charge on any atom is -0.495 e. The average Bonchev–Trinajstić information content (AvgIpc) is 3.27. The first-order chi connectivity index (χ1) is 10.0. The van der Waals surface area contributed by atoms with E-state index in [2.05, 4.69) is 5.32 Å². The number of rotatable bonds is 6. The van der Waals surface area contributed by atoms with Gasteiger partial charge in [-0.2, -0.15) is 0 Å². The second kappa shape index (κ2) is 6.80. The lowest BCUT2D eigenvalue weighted by molar-refractivity contribution is -0.122. The molecule has 0 aliphatic heterocycles. The van der Waals surface area contributed by atoms with E-state index in [-0.39, 0.29) is 17.7 Å². The topological polar surface area (TPSA) is 58.6 Å². The van der Waals surface area contributed by atoms with Crippen LogP contribution in [0.1, 0.15) is 19.8 Å². The van der Waals surface area contributed by atoms with Crippen LogP contribution in [0.2, 0.25) is 5.02 Å². The standard InChI is InChI=1S/C15H19ClN2O3/c1-10(19)18(8-7-17-15(20)11-3-4-11)12-5-6-14(21-2)13(16)9-12/h5-6,9,11H,3-4,7-8H2,1-2H3,(H,17,20). The van der Waals surface area contributed by atoms with Gasteiger partial charge in [-0.1, -0.05) is 11.6 Å². The van der Waals surface area contributed by atoms with Gasteiger partial charge < -0.3 is 15.0 Å². The van der Waals surface area contributed by atoms with E-state index in [4.69, 9.17) is 16.3 Å². The highest BCUT2D eigenvalue weighted by atomic mass is 35.5. The zero-order valence-corrected chi connectivity index (χ0v) is 12.9. The number of carbonyl (C=O) groups excluding carboxylic acids is 2. The van der Waals surface area contributed by atoms with E-state index in [0.29, 0.717) is 29.5 Å². The predicted octanol–water partition coefficient (Wildman–Crippen LogP) is 2.23. The van der Waals surface area contributed by atoms with Gasteiger partial charge in [-0.05, 0) is 31.0 Å². The van der Waals surface area contributed by atoms with Crippen molar-refractivity contribution in [3.63, 3.8) is 0 Å². The molecule has 1 aliphatic rings. The quantitative estimate of drug-likeness (QED) is 0.876. The molecule has 0 saturated heterocycles. The fraction of sp³-hybridized carbons (Fsp3) is 0.467. The summed E-state index contributed by atoms with van der Waals surface area (Å²) in [6.07, 6.45) is 1.94. The Balaban J connectivity index is 1.99. The van der Waals surface area contributed by atoms with Crippen molar-refractivity contribution in [2.45, 2.75) is 19.8 Å². The van der Waals surface area contributed by atoms with Gasteiger partial charge in [-0.15, -0.1) is 0 Å². The summed E-state index contributed by atoms with van der Waals surface area (Å²) in [5.74, 6) is 0.709. The monoisotopic (exact) mass is 310 g/mol. The van der Waals surface area contributed by atoms with Crippen LogP contribution in [0.15, 0.2) is 18.2 Å². The van der Waals surface area contributed by atoms with Crippen LogP contribution in [-0.4, -0.2) is 32.0 Å². The third-order valence-electron chi connectivity index (χ3n) is 3.41. The molecule has 0 radical (unpaired) electrons. The molecule has 0 unspecified atom stereocenters. The molecule has 1 aliphatic carbocycles. The van der Waals surface area contributed by atoms with Crippen molar-refractivity contribution in [3.8, 4) is 5.75 Å². The van der Waals surface area contributed by atoms with E-state index in [1.807, 2.05) is 0 Å². The molecule has 0 spiro atoms. The molecule has 5 nitrogen and oxygen atoms in total. The van der Waals surface area contributed by atoms with Crippen molar-refractivity contribution in [1.29, 1.82) is 0 Å². The number of halogens is 1. The molecule has 0 atom stereocenters. The van der Waals surface area contributed by atoms with Gasteiger partial charge in [0.1, 0.15) is 5.75 Å². The van der Waals surface area contributed by atoms with Crippen LogP contribution in [0.5, 0.6) is 5.75 Å².